The second-order valence-corrected chi connectivity index (χ2v) is 7.19. The summed E-state index contributed by atoms with van der Waals surface area (Å²) in [6.07, 6.45) is 4.27. The van der Waals surface area contributed by atoms with Crippen molar-refractivity contribution in [2.75, 3.05) is 39.9 Å². The number of rotatable bonds is 6. The van der Waals surface area contributed by atoms with E-state index in [1.54, 1.807) is 0 Å². The highest BCUT2D eigenvalue weighted by Crippen LogP contribution is 2.21. The van der Waals surface area contributed by atoms with Crippen LogP contribution in [0, 0.1) is 0 Å². The SMILES string of the molecule is CN=C(NCCCc1nc(C(C)C)no1)N1CCOC(C2CCCO2)C1.I. The molecule has 154 valence electrons. The maximum atomic E-state index is 5.91. The van der Waals surface area contributed by atoms with E-state index in [4.69, 9.17) is 14.0 Å². The number of halogens is 1. The number of hydrogen-bond donors (Lipinski definition) is 1. The fourth-order valence-electron chi connectivity index (χ4n) is 3.36. The Labute approximate surface area is 178 Å². The van der Waals surface area contributed by atoms with Crippen LogP contribution >= 0.6 is 24.0 Å². The van der Waals surface area contributed by atoms with Crippen molar-refractivity contribution >= 4 is 29.9 Å². The van der Waals surface area contributed by atoms with Gasteiger partial charge in [-0.05, 0) is 19.3 Å². The quantitative estimate of drug-likeness (QED) is 0.282. The first-order chi connectivity index (χ1) is 12.7. The van der Waals surface area contributed by atoms with Gasteiger partial charge in [0.05, 0.1) is 12.7 Å². The number of aromatic nitrogens is 2. The first-order valence-electron chi connectivity index (χ1n) is 9.68. The normalized spacial score (nSPS) is 23.6. The Morgan fingerprint density at radius 2 is 2.11 bits per heavy atom. The molecule has 2 aliphatic heterocycles. The molecule has 27 heavy (non-hydrogen) atoms. The third kappa shape index (κ3) is 6.28. The van der Waals surface area contributed by atoms with E-state index in [0.29, 0.717) is 18.4 Å². The zero-order valence-electron chi connectivity index (χ0n) is 16.5. The summed E-state index contributed by atoms with van der Waals surface area (Å²) < 4.78 is 17.0. The van der Waals surface area contributed by atoms with Crippen molar-refractivity contribution in [3.05, 3.63) is 11.7 Å². The largest absolute Gasteiger partial charge is 0.375 e. The van der Waals surface area contributed by atoms with Crippen LogP contribution < -0.4 is 5.32 Å². The van der Waals surface area contributed by atoms with Gasteiger partial charge in [-0.2, -0.15) is 4.98 Å². The summed E-state index contributed by atoms with van der Waals surface area (Å²) in [6.45, 7) is 8.18. The molecule has 0 radical (unpaired) electrons. The highest BCUT2D eigenvalue weighted by atomic mass is 127. The van der Waals surface area contributed by atoms with Gasteiger partial charge in [0, 0.05) is 45.6 Å². The Morgan fingerprint density at radius 1 is 1.30 bits per heavy atom. The van der Waals surface area contributed by atoms with Gasteiger partial charge in [0.15, 0.2) is 11.8 Å². The van der Waals surface area contributed by atoms with Crippen molar-refractivity contribution in [1.29, 1.82) is 0 Å². The van der Waals surface area contributed by atoms with Crippen molar-refractivity contribution in [2.45, 2.75) is 57.7 Å². The summed E-state index contributed by atoms with van der Waals surface area (Å²) in [5.74, 6) is 2.69. The fourth-order valence-corrected chi connectivity index (χ4v) is 3.36. The van der Waals surface area contributed by atoms with Crippen molar-refractivity contribution in [2.24, 2.45) is 4.99 Å². The molecule has 9 heteroatoms. The van der Waals surface area contributed by atoms with Crippen LogP contribution in [0.3, 0.4) is 0 Å². The number of nitrogens with zero attached hydrogens (tertiary/aromatic N) is 4. The van der Waals surface area contributed by atoms with E-state index in [-0.39, 0.29) is 36.2 Å². The zero-order valence-corrected chi connectivity index (χ0v) is 18.8. The highest BCUT2D eigenvalue weighted by Gasteiger charge is 2.32. The second kappa shape index (κ2) is 11.2. The Kier molecular flexibility index (Phi) is 9.24. The van der Waals surface area contributed by atoms with Crippen molar-refractivity contribution in [3.63, 3.8) is 0 Å². The van der Waals surface area contributed by atoms with Gasteiger partial charge >= 0.3 is 0 Å². The van der Waals surface area contributed by atoms with Crippen LogP contribution in [0.1, 0.15) is 50.7 Å². The molecule has 2 aliphatic rings. The van der Waals surface area contributed by atoms with Crippen LogP contribution in [0.5, 0.6) is 0 Å². The molecule has 0 aliphatic carbocycles. The Hall–Kier alpha value is -0.940. The summed E-state index contributed by atoms with van der Waals surface area (Å²) in [6, 6.07) is 0. The smallest absolute Gasteiger partial charge is 0.226 e. The molecular formula is C18H32IN5O3. The average Bonchev–Trinajstić information content (AvgIpc) is 3.34. The van der Waals surface area contributed by atoms with Crippen molar-refractivity contribution < 1.29 is 14.0 Å². The molecule has 0 aromatic carbocycles. The predicted octanol–water partition coefficient (Wildman–Crippen LogP) is 2.20. The molecule has 0 bridgehead atoms. The Bertz CT molecular complexity index is 589. The number of aliphatic imine (C=N–C) groups is 1. The van der Waals surface area contributed by atoms with Gasteiger partial charge in [-0.1, -0.05) is 19.0 Å². The Balaban J connectivity index is 0.00000261. The van der Waals surface area contributed by atoms with Gasteiger partial charge in [-0.25, -0.2) is 0 Å². The first-order valence-corrected chi connectivity index (χ1v) is 9.68. The molecule has 2 unspecified atom stereocenters. The molecule has 2 atom stereocenters. The third-order valence-electron chi connectivity index (χ3n) is 4.84. The Morgan fingerprint density at radius 3 is 2.78 bits per heavy atom. The van der Waals surface area contributed by atoms with Crippen LogP contribution in [-0.2, 0) is 15.9 Å². The van der Waals surface area contributed by atoms with Gasteiger partial charge in [0.2, 0.25) is 5.89 Å². The molecular weight excluding hydrogens is 461 g/mol. The molecule has 0 spiro atoms. The van der Waals surface area contributed by atoms with Crippen LogP contribution in [-0.4, -0.2) is 73.1 Å². The zero-order chi connectivity index (χ0) is 18.4. The molecule has 1 aromatic heterocycles. The van der Waals surface area contributed by atoms with E-state index < -0.39 is 0 Å². The minimum absolute atomic E-state index is 0. The third-order valence-corrected chi connectivity index (χ3v) is 4.84. The number of aryl methyl sites for hydroxylation is 1. The topological polar surface area (TPSA) is 85.0 Å². The molecule has 0 amide bonds. The molecule has 1 N–H and O–H groups in total. The van der Waals surface area contributed by atoms with Crippen LogP contribution in [0.2, 0.25) is 0 Å². The molecule has 3 heterocycles. The van der Waals surface area contributed by atoms with Gasteiger partial charge in [-0.15, -0.1) is 24.0 Å². The van der Waals surface area contributed by atoms with Gasteiger partial charge in [0.1, 0.15) is 6.10 Å². The minimum atomic E-state index is 0. The monoisotopic (exact) mass is 493 g/mol. The van der Waals surface area contributed by atoms with E-state index in [2.05, 4.69) is 39.2 Å². The summed E-state index contributed by atoms with van der Waals surface area (Å²) in [4.78, 5) is 11.1. The summed E-state index contributed by atoms with van der Waals surface area (Å²) in [5, 5.41) is 7.44. The summed E-state index contributed by atoms with van der Waals surface area (Å²) in [5.41, 5.74) is 0. The van der Waals surface area contributed by atoms with Crippen molar-refractivity contribution in [1.82, 2.24) is 20.4 Å². The van der Waals surface area contributed by atoms with Crippen LogP contribution in [0.15, 0.2) is 9.52 Å². The van der Waals surface area contributed by atoms with Gasteiger partial charge in [-0.3, -0.25) is 4.99 Å². The molecule has 2 saturated heterocycles. The highest BCUT2D eigenvalue weighted by molar-refractivity contribution is 14.0. The first kappa shape index (κ1) is 22.4. The van der Waals surface area contributed by atoms with Crippen molar-refractivity contribution in [3.8, 4) is 0 Å². The van der Waals surface area contributed by atoms with E-state index in [9.17, 15) is 0 Å². The van der Waals surface area contributed by atoms with E-state index in [1.165, 1.54) is 0 Å². The van der Waals surface area contributed by atoms with E-state index in [0.717, 1.165) is 63.7 Å². The molecule has 8 nitrogen and oxygen atoms in total. The number of ether oxygens (including phenoxy) is 2. The number of hydrogen-bond acceptors (Lipinski definition) is 6. The van der Waals surface area contributed by atoms with Gasteiger partial charge in [0.25, 0.3) is 0 Å². The lowest BCUT2D eigenvalue weighted by molar-refractivity contribution is -0.0816. The van der Waals surface area contributed by atoms with Crippen LogP contribution in [0.25, 0.3) is 0 Å². The molecule has 0 saturated carbocycles. The predicted molar refractivity (Wildman–Crippen MR) is 114 cm³/mol. The fraction of sp³-hybridized carbons (Fsp3) is 0.833. The number of guanidine groups is 1. The second-order valence-electron chi connectivity index (χ2n) is 7.19. The lowest BCUT2D eigenvalue weighted by Crippen LogP contribution is -2.53. The van der Waals surface area contributed by atoms with E-state index >= 15 is 0 Å². The molecule has 2 fully saturated rings. The number of morpholine rings is 1. The van der Waals surface area contributed by atoms with E-state index in [1.807, 2.05) is 7.05 Å². The average molecular weight is 493 g/mol. The minimum Gasteiger partial charge on any atom is -0.375 e. The maximum Gasteiger partial charge on any atom is 0.226 e. The lowest BCUT2D eigenvalue weighted by Gasteiger charge is -2.37. The van der Waals surface area contributed by atoms with Crippen LogP contribution in [0.4, 0.5) is 0 Å². The maximum absolute atomic E-state index is 5.91. The van der Waals surface area contributed by atoms with Gasteiger partial charge < -0.3 is 24.2 Å². The summed E-state index contributed by atoms with van der Waals surface area (Å²) in [7, 11) is 1.83. The summed E-state index contributed by atoms with van der Waals surface area (Å²) >= 11 is 0. The number of nitrogens with one attached hydrogen (secondary N) is 1. The molecule has 1 aromatic rings. The lowest BCUT2D eigenvalue weighted by atomic mass is 10.1. The molecule has 3 rings (SSSR count). The standard InChI is InChI=1S/C18H31N5O3.HI/c1-13(2)17-21-16(26-22-17)7-4-8-20-18(19-3)23-9-11-25-15(12-23)14-6-5-10-24-14;/h13-15H,4-12H2,1-3H3,(H,19,20);1H.